The van der Waals surface area contributed by atoms with Gasteiger partial charge < -0.3 is 4.74 Å². The number of halogens is 2. The fourth-order valence-electron chi connectivity index (χ4n) is 1.49. The second kappa shape index (κ2) is 7.30. The number of sulfonamides is 1. The van der Waals surface area contributed by atoms with Gasteiger partial charge in [0.05, 0.1) is 6.61 Å². The Morgan fingerprint density at radius 3 is 2.40 bits per heavy atom. The van der Waals surface area contributed by atoms with Gasteiger partial charge in [-0.1, -0.05) is 30.3 Å². The molecular formula is C12H15F2NO4S. The molecule has 20 heavy (non-hydrogen) atoms. The van der Waals surface area contributed by atoms with Gasteiger partial charge in [0.2, 0.25) is 0 Å². The first kappa shape index (κ1) is 16.5. The Hall–Kier alpha value is -1.54. The number of carbonyl (C=O) groups is 1. The molecule has 0 N–H and O–H groups in total. The number of ether oxygens (including phenoxy) is 1. The highest BCUT2D eigenvalue weighted by molar-refractivity contribution is 7.89. The number of rotatable bonds is 7. The van der Waals surface area contributed by atoms with Crippen molar-refractivity contribution in [1.29, 1.82) is 0 Å². The smallest absolute Gasteiger partial charge is 0.350 e. The Kier molecular flexibility index (Phi) is 6.03. The van der Waals surface area contributed by atoms with Crippen molar-refractivity contribution in [3.05, 3.63) is 35.9 Å². The molecule has 1 aromatic carbocycles. The molecule has 8 heteroatoms. The summed E-state index contributed by atoms with van der Waals surface area (Å²) < 4.78 is 53.3. The number of esters is 1. The van der Waals surface area contributed by atoms with E-state index in [9.17, 15) is 22.0 Å². The van der Waals surface area contributed by atoms with E-state index in [2.05, 4.69) is 4.74 Å². The molecule has 0 bridgehead atoms. The molecule has 5 nitrogen and oxygen atoms in total. The lowest BCUT2D eigenvalue weighted by Gasteiger charge is -2.20. The lowest BCUT2D eigenvalue weighted by molar-refractivity contribution is -0.143. The fourth-order valence-corrected chi connectivity index (χ4v) is 2.33. The van der Waals surface area contributed by atoms with Crippen LogP contribution in [0, 0.1) is 0 Å². The monoisotopic (exact) mass is 307 g/mol. The van der Waals surface area contributed by atoms with Gasteiger partial charge in [-0.05, 0) is 12.5 Å². The van der Waals surface area contributed by atoms with Crippen LogP contribution in [0.4, 0.5) is 8.78 Å². The van der Waals surface area contributed by atoms with Gasteiger partial charge in [0.15, 0.2) is 0 Å². The summed E-state index contributed by atoms with van der Waals surface area (Å²) >= 11 is 0. The molecular weight excluding hydrogens is 292 g/mol. The minimum atomic E-state index is -4.85. The highest BCUT2D eigenvalue weighted by Crippen LogP contribution is 2.15. The first-order chi connectivity index (χ1) is 9.37. The Morgan fingerprint density at radius 2 is 1.90 bits per heavy atom. The predicted octanol–water partition coefficient (Wildman–Crippen LogP) is 1.60. The lowest BCUT2D eigenvalue weighted by Crippen LogP contribution is -2.39. The second-order valence-electron chi connectivity index (χ2n) is 3.86. The molecule has 0 radical (unpaired) electrons. The molecule has 0 aliphatic rings. The summed E-state index contributed by atoms with van der Waals surface area (Å²) in [6.07, 6.45) is 0. The van der Waals surface area contributed by atoms with Gasteiger partial charge >= 0.3 is 11.7 Å². The summed E-state index contributed by atoms with van der Waals surface area (Å²) in [5.41, 5.74) is 0.501. The van der Waals surface area contributed by atoms with Crippen LogP contribution in [0.2, 0.25) is 0 Å². The highest BCUT2D eigenvalue weighted by Gasteiger charge is 2.33. The summed E-state index contributed by atoms with van der Waals surface area (Å²) in [6, 6.07) is 8.17. The molecule has 0 spiro atoms. The fraction of sp³-hybridized carbons (Fsp3) is 0.417. The van der Waals surface area contributed by atoms with Crippen molar-refractivity contribution in [2.75, 3.05) is 13.2 Å². The summed E-state index contributed by atoms with van der Waals surface area (Å²) in [5, 5.41) is 0. The van der Waals surface area contributed by atoms with Crippen LogP contribution in [0.15, 0.2) is 30.3 Å². The Bertz CT molecular complexity index is 534. The Morgan fingerprint density at radius 1 is 1.30 bits per heavy atom. The van der Waals surface area contributed by atoms with E-state index in [0.717, 1.165) is 0 Å². The van der Waals surface area contributed by atoms with Gasteiger partial charge in [-0.3, -0.25) is 4.79 Å². The standard InChI is InChI=1S/C12H15F2NO4S/c1-2-19-11(16)9-15(20(17,18)12(13)14)8-10-6-4-3-5-7-10/h3-7,12H,2,8-9H2,1H3. The third kappa shape index (κ3) is 4.53. The largest absolute Gasteiger partial charge is 0.465 e. The van der Waals surface area contributed by atoms with Gasteiger partial charge in [-0.2, -0.15) is 13.1 Å². The molecule has 0 aliphatic carbocycles. The van der Waals surface area contributed by atoms with E-state index in [0.29, 0.717) is 9.87 Å². The summed E-state index contributed by atoms with van der Waals surface area (Å²) in [7, 11) is -4.85. The maximum Gasteiger partial charge on any atom is 0.350 e. The van der Waals surface area contributed by atoms with Crippen molar-refractivity contribution in [1.82, 2.24) is 4.31 Å². The molecule has 0 aromatic heterocycles. The van der Waals surface area contributed by atoms with E-state index in [4.69, 9.17) is 0 Å². The van der Waals surface area contributed by atoms with Crippen LogP contribution < -0.4 is 0 Å². The Labute approximate surface area is 116 Å². The van der Waals surface area contributed by atoms with Crippen LogP contribution >= 0.6 is 0 Å². The van der Waals surface area contributed by atoms with Crippen LogP contribution in [0.3, 0.4) is 0 Å². The van der Waals surface area contributed by atoms with Crippen LogP contribution in [-0.2, 0) is 26.1 Å². The summed E-state index contributed by atoms with van der Waals surface area (Å²) in [5.74, 6) is -4.45. The molecule has 0 saturated heterocycles. The number of benzene rings is 1. The van der Waals surface area contributed by atoms with Crippen molar-refractivity contribution in [2.24, 2.45) is 0 Å². The minimum absolute atomic E-state index is 0.0483. The zero-order chi connectivity index (χ0) is 15.2. The van der Waals surface area contributed by atoms with Crippen molar-refractivity contribution in [3.63, 3.8) is 0 Å². The predicted molar refractivity (Wildman–Crippen MR) is 68.4 cm³/mol. The lowest BCUT2D eigenvalue weighted by atomic mass is 10.2. The number of hydrogen-bond donors (Lipinski definition) is 0. The van der Waals surface area contributed by atoms with Gasteiger partial charge in [0.25, 0.3) is 10.0 Å². The SMILES string of the molecule is CCOC(=O)CN(Cc1ccccc1)S(=O)(=O)C(F)F. The van der Waals surface area contributed by atoms with Crippen LogP contribution in [0.25, 0.3) is 0 Å². The number of alkyl halides is 2. The number of nitrogens with zero attached hydrogens (tertiary/aromatic N) is 1. The number of carbonyl (C=O) groups excluding carboxylic acids is 1. The first-order valence-corrected chi connectivity index (χ1v) is 7.35. The normalized spacial score (nSPS) is 11.8. The van der Waals surface area contributed by atoms with Gasteiger partial charge in [0, 0.05) is 6.54 Å². The average Bonchev–Trinajstić information content (AvgIpc) is 2.39. The first-order valence-electron chi connectivity index (χ1n) is 5.84. The van der Waals surface area contributed by atoms with Gasteiger partial charge in [0.1, 0.15) is 6.54 Å². The third-order valence-electron chi connectivity index (χ3n) is 2.40. The Balaban J connectivity index is 2.93. The quantitative estimate of drug-likeness (QED) is 0.718. The van der Waals surface area contributed by atoms with E-state index < -0.39 is 28.3 Å². The van der Waals surface area contributed by atoms with E-state index in [-0.39, 0.29) is 13.2 Å². The molecule has 0 fully saturated rings. The molecule has 0 saturated carbocycles. The summed E-state index contributed by atoms with van der Waals surface area (Å²) in [4.78, 5) is 11.3. The molecule has 0 atom stereocenters. The van der Waals surface area contributed by atoms with Crippen molar-refractivity contribution < 1.29 is 26.7 Å². The van der Waals surface area contributed by atoms with E-state index in [1.807, 2.05) is 0 Å². The van der Waals surface area contributed by atoms with Crippen molar-refractivity contribution >= 4 is 16.0 Å². The molecule has 0 amide bonds. The van der Waals surface area contributed by atoms with E-state index >= 15 is 0 Å². The highest BCUT2D eigenvalue weighted by atomic mass is 32.2. The van der Waals surface area contributed by atoms with E-state index in [1.54, 1.807) is 37.3 Å². The minimum Gasteiger partial charge on any atom is -0.465 e. The maximum atomic E-state index is 12.6. The zero-order valence-corrected chi connectivity index (χ0v) is 11.6. The third-order valence-corrected chi connectivity index (χ3v) is 3.83. The van der Waals surface area contributed by atoms with Gasteiger partial charge in [-0.15, -0.1) is 0 Å². The molecule has 1 rings (SSSR count). The maximum absolute atomic E-state index is 12.6. The topological polar surface area (TPSA) is 63.7 Å². The molecule has 1 aromatic rings. The summed E-state index contributed by atoms with van der Waals surface area (Å²) in [6.45, 7) is 0.537. The van der Waals surface area contributed by atoms with Crippen molar-refractivity contribution in [2.45, 2.75) is 19.2 Å². The van der Waals surface area contributed by atoms with Crippen LogP contribution in [0.5, 0.6) is 0 Å². The zero-order valence-electron chi connectivity index (χ0n) is 10.8. The number of hydrogen-bond acceptors (Lipinski definition) is 4. The van der Waals surface area contributed by atoms with E-state index in [1.165, 1.54) is 0 Å². The average molecular weight is 307 g/mol. The van der Waals surface area contributed by atoms with Crippen LogP contribution in [-0.4, -0.2) is 37.6 Å². The van der Waals surface area contributed by atoms with Gasteiger partial charge in [-0.25, -0.2) is 8.42 Å². The molecule has 0 unspecified atom stereocenters. The molecule has 112 valence electrons. The van der Waals surface area contributed by atoms with Crippen molar-refractivity contribution in [3.8, 4) is 0 Å². The molecule has 0 aliphatic heterocycles. The van der Waals surface area contributed by atoms with Crippen LogP contribution in [0.1, 0.15) is 12.5 Å². The second-order valence-corrected chi connectivity index (χ2v) is 5.77. The molecule has 0 heterocycles.